The third-order valence-corrected chi connectivity index (χ3v) is 6.19. The minimum atomic E-state index is -0.591. The number of pyridine rings is 1. The van der Waals surface area contributed by atoms with Gasteiger partial charge in [0.15, 0.2) is 0 Å². The van der Waals surface area contributed by atoms with E-state index in [0.29, 0.717) is 19.7 Å². The molecular formula is C24H29F2N3O2. The lowest BCUT2D eigenvalue weighted by atomic mass is 9.94. The molecule has 1 saturated carbocycles. The molecule has 0 spiro atoms. The molecule has 5 nitrogen and oxygen atoms in total. The van der Waals surface area contributed by atoms with Gasteiger partial charge in [0.25, 0.3) is 0 Å². The maximum absolute atomic E-state index is 14.2. The van der Waals surface area contributed by atoms with Crippen LogP contribution in [-0.4, -0.2) is 52.5 Å². The van der Waals surface area contributed by atoms with E-state index in [-0.39, 0.29) is 36.7 Å². The van der Waals surface area contributed by atoms with Crippen molar-refractivity contribution in [2.24, 2.45) is 0 Å². The maximum Gasteiger partial charge on any atom is 0.237 e. The zero-order valence-electron chi connectivity index (χ0n) is 17.7. The molecule has 1 unspecified atom stereocenters. The molecule has 166 valence electrons. The van der Waals surface area contributed by atoms with Crippen molar-refractivity contribution in [3.63, 3.8) is 0 Å². The van der Waals surface area contributed by atoms with Crippen LogP contribution in [0.4, 0.5) is 8.78 Å². The van der Waals surface area contributed by atoms with Gasteiger partial charge in [-0.15, -0.1) is 0 Å². The van der Waals surface area contributed by atoms with E-state index in [1.165, 1.54) is 24.6 Å². The van der Waals surface area contributed by atoms with E-state index in [1.54, 1.807) is 11.1 Å². The third kappa shape index (κ3) is 5.66. The van der Waals surface area contributed by atoms with Gasteiger partial charge in [-0.05, 0) is 37.1 Å². The second-order valence-electron chi connectivity index (χ2n) is 8.46. The summed E-state index contributed by atoms with van der Waals surface area (Å²) in [5, 5.41) is 0. The van der Waals surface area contributed by atoms with E-state index in [1.807, 2.05) is 23.1 Å². The first-order valence-electron chi connectivity index (χ1n) is 11.1. The molecule has 1 saturated heterocycles. The highest BCUT2D eigenvalue weighted by molar-refractivity contribution is 5.79. The first-order chi connectivity index (χ1) is 15.1. The molecule has 1 aliphatic heterocycles. The summed E-state index contributed by atoms with van der Waals surface area (Å²) >= 11 is 0. The number of rotatable bonds is 6. The monoisotopic (exact) mass is 429 g/mol. The predicted molar refractivity (Wildman–Crippen MR) is 113 cm³/mol. The van der Waals surface area contributed by atoms with E-state index in [2.05, 4.69) is 4.98 Å². The molecule has 0 bridgehead atoms. The summed E-state index contributed by atoms with van der Waals surface area (Å²) < 4.78 is 34.6. The highest BCUT2D eigenvalue weighted by atomic mass is 19.1. The van der Waals surface area contributed by atoms with Crippen molar-refractivity contribution in [1.82, 2.24) is 14.8 Å². The molecule has 0 radical (unpaired) electrons. The van der Waals surface area contributed by atoms with Crippen LogP contribution in [0.1, 0.15) is 43.4 Å². The largest absolute Gasteiger partial charge is 0.369 e. The average Bonchev–Trinajstić information content (AvgIpc) is 2.94. The highest BCUT2D eigenvalue weighted by Crippen LogP contribution is 2.25. The Balaban J connectivity index is 1.51. The second kappa shape index (κ2) is 10.3. The van der Waals surface area contributed by atoms with Gasteiger partial charge in [0.2, 0.25) is 5.91 Å². The lowest BCUT2D eigenvalue weighted by Crippen LogP contribution is -2.45. The van der Waals surface area contributed by atoms with Gasteiger partial charge in [0.05, 0.1) is 24.9 Å². The Kier molecular flexibility index (Phi) is 7.25. The number of hydrogen-bond donors (Lipinski definition) is 0. The topological polar surface area (TPSA) is 45.7 Å². The molecular weight excluding hydrogens is 400 g/mol. The van der Waals surface area contributed by atoms with E-state index in [9.17, 15) is 13.6 Å². The fraction of sp³-hybridized carbons (Fsp3) is 0.500. The average molecular weight is 430 g/mol. The summed E-state index contributed by atoms with van der Waals surface area (Å²) in [6.45, 7) is 1.42. The van der Waals surface area contributed by atoms with Crippen LogP contribution in [-0.2, 0) is 22.7 Å². The van der Waals surface area contributed by atoms with Gasteiger partial charge in [-0.2, -0.15) is 0 Å². The number of amides is 1. The van der Waals surface area contributed by atoms with Crippen molar-refractivity contribution < 1.29 is 18.3 Å². The van der Waals surface area contributed by atoms with Crippen molar-refractivity contribution >= 4 is 5.91 Å². The van der Waals surface area contributed by atoms with Gasteiger partial charge < -0.3 is 9.64 Å². The van der Waals surface area contributed by atoms with Gasteiger partial charge in [-0.1, -0.05) is 31.4 Å². The van der Waals surface area contributed by atoms with Crippen molar-refractivity contribution in [1.29, 1.82) is 0 Å². The molecule has 2 aromatic rings. The summed E-state index contributed by atoms with van der Waals surface area (Å²) in [6.07, 6.45) is 6.91. The molecule has 2 fully saturated rings. The number of halogens is 2. The van der Waals surface area contributed by atoms with Crippen LogP contribution in [0.2, 0.25) is 0 Å². The molecule has 0 N–H and O–H groups in total. The Morgan fingerprint density at radius 2 is 1.77 bits per heavy atom. The van der Waals surface area contributed by atoms with Crippen molar-refractivity contribution in [2.45, 2.75) is 57.4 Å². The zero-order valence-corrected chi connectivity index (χ0v) is 17.7. The summed E-state index contributed by atoms with van der Waals surface area (Å²) in [4.78, 5) is 21.2. The Morgan fingerprint density at radius 3 is 2.48 bits per heavy atom. The summed E-state index contributed by atoms with van der Waals surface area (Å²) in [6, 6.07) is 9.72. The number of hydrogen-bond acceptors (Lipinski definition) is 4. The lowest BCUT2D eigenvalue weighted by molar-refractivity contribution is -0.135. The molecule has 31 heavy (non-hydrogen) atoms. The van der Waals surface area contributed by atoms with E-state index in [4.69, 9.17) is 4.74 Å². The fourth-order valence-corrected chi connectivity index (χ4v) is 4.58. The zero-order chi connectivity index (χ0) is 21.6. The van der Waals surface area contributed by atoms with Gasteiger partial charge in [-0.3, -0.25) is 14.7 Å². The van der Waals surface area contributed by atoms with Crippen LogP contribution < -0.4 is 0 Å². The molecule has 2 heterocycles. The van der Waals surface area contributed by atoms with Crippen molar-refractivity contribution in [2.75, 3.05) is 19.6 Å². The van der Waals surface area contributed by atoms with Crippen molar-refractivity contribution in [3.8, 4) is 0 Å². The number of aromatic nitrogens is 1. The van der Waals surface area contributed by atoms with Gasteiger partial charge >= 0.3 is 0 Å². The maximum atomic E-state index is 14.2. The Hall–Kier alpha value is -2.38. The Morgan fingerprint density at radius 1 is 1.00 bits per heavy atom. The lowest BCUT2D eigenvalue weighted by Gasteiger charge is -2.35. The van der Waals surface area contributed by atoms with Crippen LogP contribution >= 0.6 is 0 Å². The first-order valence-corrected chi connectivity index (χ1v) is 11.1. The minimum Gasteiger partial charge on any atom is -0.369 e. The number of carbonyl (C=O) groups excluding carboxylic acids is 1. The standard InChI is InChI=1S/C24H29F2N3O2/c25-22-10-6-11-23(26)21(22)15-28-13-20(31-17-18-7-4-5-12-27-18)14-29(24(30)16-28)19-8-2-1-3-9-19/h4-7,10-12,19-20H,1-3,8-9,13-17H2. The number of carbonyl (C=O) groups is 1. The minimum absolute atomic E-state index is 0.00702. The molecule has 1 aliphatic carbocycles. The van der Waals surface area contributed by atoms with Crippen LogP contribution in [0.5, 0.6) is 0 Å². The molecule has 7 heteroatoms. The Labute approximate surface area is 182 Å². The van der Waals surface area contributed by atoms with E-state index < -0.39 is 11.6 Å². The van der Waals surface area contributed by atoms with Crippen LogP contribution in [0.25, 0.3) is 0 Å². The van der Waals surface area contributed by atoms with Crippen LogP contribution in [0.15, 0.2) is 42.6 Å². The van der Waals surface area contributed by atoms with E-state index in [0.717, 1.165) is 31.4 Å². The van der Waals surface area contributed by atoms with Crippen LogP contribution in [0, 0.1) is 11.6 Å². The van der Waals surface area contributed by atoms with E-state index >= 15 is 0 Å². The number of ether oxygens (including phenoxy) is 1. The summed E-state index contributed by atoms with van der Waals surface area (Å²) in [5.41, 5.74) is 0.805. The van der Waals surface area contributed by atoms with Crippen LogP contribution in [0.3, 0.4) is 0 Å². The van der Waals surface area contributed by atoms with Gasteiger partial charge in [0, 0.05) is 37.4 Å². The fourth-order valence-electron chi connectivity index (χ4n) is 4.58. The molecule has 1 aromatic heterocycles. The smallest absolute Gasteiger partial charge is 0.237 e. The Bertz CT molecular complexity index is 854. The highest BCUT2D eigenvalue weighted by Gasteiger charge is 2.33. The van der Waals surface area contributed by atoms with Crippen molar-refractivity contribution in [3.05, 3.63) is 65.5 Å². The molecule has 1 aromatic carbocycles. The molecule has 1 amide bonds. The number of nitrogens with zero attached hydrogens (tertiary/aromatic N) is 3. The molecule has 1 atom stereocenters. The molecule has 2 aliphatic rings. The quantitative estimate of drug-likeness (QED) is 0.698. The van der Waals surface area contributed by atoms with Gasteiger partial charge in [0.1, 0.15) is 11.6 Å². The van der Waals surface area contributed by atoms with Gasteiger partial charge in [-0.25, -0.2) is 8.78 Å². The normalized spacial score (nSPS) is 21.3. The summed E-state index contributed by atoms with van der Waals surface area (Å²) in [7, 11) is 0. The number of benzene rings is 1. The second-order valence-corrected chi connectivity index (χ2v) is 8.46. The third-order valence-electron chi connectivity index (χ3n) is 6.19. The first kappa shape index (κ1) is 21.8. The SMILES string of the molecule is O=C1CN(Cc2c(F)cccc2F)CC(OCc2ccccn2)CN1C1CCCCC1. The predicted octanol–water partition coefficient (Wildman–Crippen LogP) is 3.92. The molecule has 4 rings (SSSR count). The summed E-state index contributed by atoms with van der Waals surface area (Å²) in [5.74, 6) is -1.17.